The molecule has 0 saturated heterocycles. The van der Waals surface area contributed by atoms with E-state index in [1.54, 1.807) is 0 Å². The van der Waals surface area contributed by atoms with Gasteiger partial charge in [-0.05, 0) is 24.2 Å². The Kier molecular flexibility index (Phi) is 1.94. The Bertz CT molecular complexity index is 105. The van der Waals surface area contributed by atoms with Crippen molar-refractivity contribution >= 4 is 0 Å². The second kappa shape index (κ2) is 2.55. The van der Waals surface area contributed by atoms with E-state index in [1.807, 2.05) is 0 Å². The molecule has 0 N–H and O–H groups in total. The maximum Gasteiger partial charge on any atom is -0.00504 e. The first-order valence-electron chi connectivity index (χ1n) is 3.88. The van der Waals surface area contributed by atoms with Crippen molar-refractivity contribution in [3.63, 3.8) is 0 Å². The smallest absolute Gasteiger partial charge is 0.00504 e. The molecule has 9 heavy (non-hydrogen) atoms. The largest absolute Gasteiger partial charge is 0.0810 e. The highest BCUT2D eigenvalue weighted by atomic mass is 14.2. The quantitative estimate of drug-likeness (QED) is 0.507. The zero-order chi connectivity index (χ0) is 6.85. The SMILES string of the molecule is CC(C)C(C)CC1C=C1. The number of hydrogen-bond donors (Lipinski definition) is 0. The zero-order valence-electron chi connectivity index (χ0n) is 6.59. The highest BCUT2D eigenvalue weighted by Gasteiger charge is 2.16. The van der Waals surface area contributed by atoms with Crippen LogP contribution in [0.15, 0.2) is 12.2 Å². The summed E-state index contributed by atoms with van der Waals surface area (Å²) in [6.45, 7) is 6.94. The van der Waals surface area contributed by atoms with Crippen LogP contribution in [0.3, 0.4) is 0 Å². The van der Waals surface area contributed by atoms with Crippen molar-refractivity contribution in [3.05, 3.63) is 12.2 Å². The van der Waals surface area contributed by atoms with Gasteiger partial charge in [-0.25, -0.2) is 0 Å². The molecule has 0 saturated carbocycles. The first-order chi connectivity index (χ1) is 4.20. The number of allylic oxidation sites excluding steroid dienone is 2. The standard InChI is InChI=1S/C9H16/c1-7(2)8(3)6-9-4-5-9/h4-5,7-9H,6H2,1-3H3. The molecule has 1 unspecified atom stereocenters. The molecule has 0 nitrogen and oxygen atoms in total. The monoisotopic (exact) mass is 124 g/mol. The van der Waals surface area contributed by atoms with Crippen LogP contribution < -0.4 is 0 Å². The molecule has 52 valence electrons. The molecule has 1 aliphatic carbocycles. The first kappa shape index (κ1) is 6.85. The van der Waals surface area contributed by atoms with Crippen LogP contribution in [0.1, 0.15) is 27.2 Å². The summed E-state index contributed by atoms with van der Waals surface area (Å²) in [5.74, 6) is 2.61. The third kappa shape index (κ3) is 2.21. The van der Waals surface area contributed by atoms with E-state index in [1.165, 1.54) is 6.42 Å². The number of rotatable bonds is 3. The lowest BCUT2D eigenvalue weighted by atomic mass is 9.92. The fourth-order valence-electron chi connectivity index (χ4n) is 0.937. The van der Waals surface area contributed by atoms with Gasteiger partial charge in [0.2, 0.25) is 0 Å². The molecule has 0 aromatic carbocycles. The van der Waals surface area contributed by atoms with Crippen molar-refractivity contribution in [1.82, 2.24) is 0 Å². The van der Waals surface area contributed by atoms with Crippen LogP contribution >= 0.6 is 0 Å². The van der Waals surface area contributed by atoms with Crippen LogP contribution in [0, 0.1) is 17.8 Å². The second-order valence-corrected chi connectivity index (χ2v) is 3.51. The summed E-state index contributed by atoms with van der Waals surface area (Å²) in [7, 11) is 0. The van der Waals surface area contributed by atoms with Crippen LogP contribution in [-0.4, -0.2) is 0 Å². The van der Waals surface area contributed by atoms with E-state index in [4.69, 9.17) is 0 Å². The van der Waals surface area contributed by atoms with Crippen molar-refractivity contribution in [2.45, 2.75) is 27.2 Å². The summed E-state index contributed by atoms with van der Waals surface area (Å²) >= 11 is 0. The highest BCUT2D eigenvalue weighted by Crippen LogP contribution is 2.28. The molecule has 0 heterocycles. The maximum absolute atomic E-state index is 2.34. The summed E-state index contributed by atoms with van der Waals surface area (Å²) in [5, 5.41) is 0. The Morgan fingerprint density at radius 3 is 2.11 bits per heavy atom. The fourth-order valence-corrected chi connectivity index (χ4v) is 0.937. The van der Waals surface area contributed by atoms with E-state index in [0.29, 0.717) is 0 Å². The summed E-state index contributed by atoms with van der Waals surface area (Å²) in [4.78, 5) is 0. The van der Waals surface area contributed by atoms with Gasteiger partial charge in [-0.1, -0.05) is 32.9 Å². The average Bonchev–Trinajstić information content (AvgIpc) is 2.50. The molecule has 0 amide bonds. The third-order valence-electron chi connectivity index (χ3n) is 2.25. The summed E-state index contributed by atoms with van der Waals surface area (Å²) < 4.78 is 0. The highest BCUT2D eigenvalue weighted by molar-refractivity contribution is 5.13. The summed E-state index contributed by atoms with van der Waals surface area (Å²) in [5.41, 5.74) is 0. The predicted octanol–water partition coefficient (Wildman–Crippen LogP) is 2.85. The van der Waals surface area contributed by atoms with Crippen molar-refractivity contribution < 1.29 is 0 Å². The van der Waals surface area contributed by atoms with Gasteiger partial charge in [-0.15, -0.1) is 0 Å². The van der Waals surface area contributed by atoms with Crippen molar-refractivity contribution in [2.75, 3.05) is 0 Å². The van der Waals surface area contributed by atoms with Gasteiger partial charge >= 0.3 is 0 Å². The lowest BCUT2D eigenvalue weighted by Gasteiger charge is -2.13. The molecule has 0 bridgehead atoms. The molecule has 0 aromatic rings. The topological polar surface area (TPSA) is 0 Å². The summed E-state index contributed by atoms with van der Waals surface area (Å²) in [6, 6.07) is 0. The van der Waals surface area contributed by atoms with Gasteiger partial charge in [0.25, 0.3) is 0 Å². The lowest BCUT2D eigenvalue weighted by Crippen LogP contribution is -2.04. The van der Waals surface area contributed by atoms with Gasteiger partial charge in [-0.2, -0.15) is 0 Å². The Morgan fingerprint density at radius 2 is 1.78 bits per heavy atom. The fraction of sp³-hybridized carbons (Fsp3) is 0.778. The minimum Gasteiger partial charge on any atom is -0.0810 e. The molecular weight excluding hydrogens is 108 g/mol. The van der Waals surface area contributed by atoms with Crippen molar-refractivity contribution in [3.8, 4) is 0 Å². The van der Waals surface area contributed by atoms with Crippen LogP contribution in [-0.2, 0) is 0 Å². The average molecular weight is 124 g/mol. The first-order valence-corrected chi connectivity index (χ1v) is 3.88. The van der Waals surface area contributed by atoms with E-state index in [2.05, 4.69) is 32.9 Å². The van der Waals surface area contributed by atoms with Crippen LogP contribution in [0.4, 0.5) is 0 Å². The molecule has 0 aliphatic heterocycles. The van der Waals surface area contributed by atoms with Crippen molar-refractivity contribution in [2.24, 2.45) is 17.8 Å². The van der Waals surface area contributed by atoms with Crippen LogP contribution in [0.25, 0.3) is 0 Å². The molecule has 1 aliphatic rings. The van der Waals surface area contributed by atoms with E-state index >= 15 is 0 Å². The van der Waals surface area contributed by atoms with Gasteiger partial charge in [0.05, 0.1) is 0 Å². The molecular formula is C9H16. The van der Waals surface area contributed by atoms with Gasteiger partial charge in [0, 0.05) is 0 Å². The normalized spacial score (nSPS) is 20.9. The van der Waals surface area contributed by atoms with Crippen LogP contribution in [0.5, 0.6) is 0 Å². The van der Waals surface area contributed by atoms with E-state index in [9.17, 15) is 0 Å². The van der Waals surface area contributed by atoms with Gasteiger partial charge in [0.15, 0.2) is 0 Å². The van der Waals surface area contributed by atoms with Gasteiger partial charge in [0.1, 0.15) is 0 Å². The molecule has 0 radical (unpaired) electrons. The Hall–Kier alpha value is -0.260. The molecule has 0 aromatic heterocycles. The Balaban J connectivity index is 2.10. The van der Waals surface area contributed by atoms with E-state index in [-0.39, 0.29) is 0 Å². The predicted molar refractivity (Wildman–Crippen MR) is 41.2 cm³/mol. The van der Waals surface area contributed by atoms with Crippen molar-refractivity contribution in [1.29, 1.82) is 0 Å². The molecule has 0 heteroatoms. The van der Waals surface area contributed by atoms with E-state index < -0.39 is 0 Å². The molecule has 0 spiro atoms. The van der Waals surface area contributed by atoms with Gasteiger partial charge in [-0.3, -0.25) is 0 Å². The minimum atomic E-state index is 0.854. The minimum absolute atomic E-state index is 0.854. The zero-order valence-corrected chi connectivity index (χ0v) is 6.59. The lowest BCUT2D eigenvalue weighted by molar-refractivity contribution is 0.382. The maximum atomic E-state index is 2.34. The summed E-state index contributed by atoms with van der Waals surface area (Å²) in [6.07, 6.45) is 5.95. The van der Waals surface area contributed by atoms with Gasteiger partial charge < -0.3 is 0 Å². The Labute approximate surface area is 58.0 Å². The van der Waals surface area contributed by atoms with Crippen LogP contribution in [0.2, 0.25) is 0 Å². The van der Waals surface area contributed by atoms with E-state index in [0.717, 1.165) is 17.8 Å². The number of hydrogen-bond acceptors (Lipinski definition) is 0. The molecule has 1 atom stereocenters. The molecule has 1 rings (SSSR count). The second-order valence-electron chi connectivity index (χ2n) is 3.51. The molecule has 0 fully saturated rings. The third-order valence-corrected chi connectivity index (χ3v) is 2.25. The Morgan fingerprint density at radius 1 is 1.22 bits per heavy atom.